The van der Waals surface area contributed by atoms with Crippen LogP contribution in [0.5, 0.6) is 0 Å². The van der Waals surface area contributed by atoms with Gasteiger partial charge in [-0.05, 0) is 63.2 Å². The largest absolute Gasteiger partial charge is 0.452 e. The molecule has 0 aliphatic heterocycles. The molecule has 0 N–H and O–H groups in total. The Kier molecular flexibility index (Phi) is 5.54. The Bertz CT molecular complexity index is 816. The van der Waals surface area contributed by atoms with Crippen molar-refractivity contribution in [3.8, 4) is 0 Å². The molecular formula is C25H31NO2. The Balaban J connectivity index is 1.67. The molecule has 3 nitrogen and oxygen atoms in total. The third-order valence-electron chi connectivity index (χ3n) is 6.88. The van der Waals surface area contributed by atoms with Gasteiger partial charge in [0.25, 0.3) is 0 Å². The summed E-state index contributed by atoms with van der Waals surface area (Å²) in [6, 6.07) is 18.8. The first-order valence-electron chi connectivity index (χ1n) is 10.5. The van der Waals surface area contributed by atoms with E-state index in [1.54, 1.807) is 0 Å². The summed E-state index contributed by atoms with van der Waals surface area (Å²) in [5.41, 5.74) is 3.34. The zero-order valence-corrected chi connectivity index (χ0v) is 17.2. The summed E-state index contributed by atoms with van der Waals surface area (Å²) in [6.07, 6.45) is 4.35. The van der Waals surface area contributed by atoms with E-state index in [2.05, 4.69) is 56.3 Å². The molecule has 0 amide bonds. The molecule has 2 aliphatic rings. The molecule has 0 spiro atoms. The minimum atomic E-state index is -0.355. The zero-order chi connectivity index (χ0) is 19.7. The van der Waals surface area contributed by atoms with Crippen molar-refractivity contribution >= 4 is 5.97 Å². The Morgan fingerprint density at radius 1 is 0.964 bits per heavy atom. The molecular weight excluding hydrogens is 346 g/mol. The number of benzene rings is 2. The lowest BCUT2D eigenvalue weighted by Gasteiger charge is -2.29. The number of hydrogen-bond acceptors (Lipinski definition) is 3. The Labute approximate surface area is 168 Å². The van der Waals surface area contributed by atoms with Crippen molar-refractivity contribution in [1.29, 1.82) is 0 Å². The quantitative estimate of drug-likeness (QED) is 0.633. The summed E-state index contributed by atoms with van der Waals surface area (Å²) in [4.78, 5) is 15.4. The van der Waals surface area contributed by atoms with Gasteiger partial charge >= 0.3 is 5.97 Å². The van der Waals surface area contributed by atoms with E-state index in [1.807, 2.05) is 24.3 Å². The highest BCUT2D eigenvalue weighted by atomic mass is 16.5. The van der Waals surface area contributed by atoms with Crippen molar-refractivity contribution in [3.63, 3.8) is 0 Å². The lowest BCUT2D eigenvalue weighted by atomic mass is 9.88. The number of carbonyl (C=O) groups is 1. The van der Waals surface area contributed by atoms with Crippen LogP contribution >= 0.6 is 0 Å². The molecule has 2 aromatic rings. The number of ether oxygens (including phenoxy) is 1. The van der Waals surface area contributed by atoms with Crippen LogP contribution in [-0.4, -0.2) is 25.0 Å². The van der Waals surface area contributed by atoms with Gasteiger partial charge in [-0.25, -0.2) is 0 Å². The van der Waals surface area contributed by atoms with Gasteiger partial charge in [-0.15, -0.1) is 0 Å². The molecule has 2 aliphatic carbocycles. The number of carbonyl (C=O) groups excluding carboxylic acids is 1. The summed E-state index contributed by atoms with van der Waals surface area (Å²) in [6.45, 7) is 2.19. The summed E-state index contributed by atoms with van der Waals surface area (Å²) in [5, 5.41) is 0. The maximum Gasteiger partial charge on any atom is 0.310 e. The highest BCUT2D eigenvalue weighted by Gasteiger charge is 2.44. The molecule has 2 bridgehead atoms. The molecule has 0 saturated heterocycles. The van der Waals surface area contributed by atoms with Gasteiger partial charge in [-0.3, -0.25) is 4.79 Å². The fourth-order valence-corrected chi connectivity index (χ4v) is 5.08. The minimum absolute atomic E-state index is 0.00615. The monoisotopic (exact) mass is 377 g/mol. The third kappa shape index (κ3) is 3.73. The molecule has 0 heterocycles. The van der Waals surface area contributed by atoms with E-state index in [4.69, 9.17) is 4.74 Å². The molecule has 2 aromatic carbocycles. The van der Waals surface area contributed by atoms with Crippen LogP contribution in [0.1, 0.15) is 61.4 Å². The van der Waals surface area contributed by atoms with Gasteiger partial charge in [0.1, 0.15) is 0 Å². The van der Waals surface area contributed by atoms with Gasteiger partial charge in [0.2, 0.25) is 0 Å². The van der Waals surface area contributed by atoms with Crippen molar-refractivity contribution in [2.45, 2.75) is 44.8 Å². The molecule has 5 atom stereocenters. The number of rotatable bonds is 6. The number of esters is 1. The van der Waals surface area contributed by atoms with Crippen LogP contribution in [-0.2, 0) is 9.53 Å². The standard InChI is InChI=1S/C25H31NO2/c1-17(26(2)3)21-11-7-8-12-22(21)24(19-9-5-4-6-10-19)28-25(27)23-16-18-13-14-20(23)15-18/h4-12,17-18,20,23-24H,13-16H2,1-3H3/t17-,18-,20+,23+,24+/m1/s1. The van der Waals surface area contributed by atoms with E-state index >= 15 is 0 Å². The Hall–Kier alpha value is -2.13. The molecule has 0 aromatic heterocycles. The fourth-order valence-electron chi connectivity index (χ4n) is 5.08. The maximum atomic E-state index is 13.2. The van der Waals surface area contributed by atoms with Crippen LogP contribution in [0.2, 0.25) is 0 Å². The van der Waals surface area contributed by atoms with Gasteiger partial charge in [-0.1, -0.05) is 61.0 Å². The molecule has 148 valence electrons. The SMILES string of the molecule is C[C@H](c1ccccc1[C@@H](OC(=O)[C@H]1C[C@@H]2CC[C@H]1C2)c1ccccc1)N(C)C. The summed E-state index contributed by atoms with van der Waals surface area (Å²) >= 11 is 0. The molecule has 28 heavy (non-hydrogen) atoms. The third-order valence-corrected chi connectivity index (χ3v) is 6.88. The van der Waals surface area contributed by atoms with E-state index in [1.165, 1.54) is 24.8 Å². The Morgan fingerprint density at radius 2 is 1.64 bits per heavy atom. The smallest absolute Gasteiger partial charge is 0.310 e. The van der Waals surface area contributed by atoms with E-state index in [-0.39, 0.29) is 24.0 Å². The molecule has 2 saturated carbocycles. The predicted octanol–water partition coefficient (Wildman–Crippen LogP) is 5.38. The Morgan fingerprint density at radius 3 is 2.25 bits per heavy atom. The fraction of sp³-hybridized carbons (Fsp3) is 0.480. The summed E-state index contributed by atoms with van der Waals surface area (Å²) in [7, 11) is 4.17. The van der Waals surface area contributed by atoms with Gasteiger partial charge in [0.15, 0.2) is 6.10 Å². The highest BCUT2D eigenvalue weighted by molar-refractivity contribution is 5.74. The van der Waals surface area contributed by atoms with E-state index in [0.29, 0.717) is 5.92 Å². The number of fused-ring (bicyclic) bond motifs is 2. The zero-order valence-electron chi connectivity index (χ0n) is 17.2. The second kappa shape index (κ2) is 8.08. The lowest BCUT2D eigenvalue weighted by molar-refractivity contribution is -0.154. The van der Waals surface area contributed by atoms with Gasteiger partial charge < -0.3 is 9.64 Å². The lowest BCUT2D eigenvalue weighted by Crippen LogP contribution is -2.26. The second-order valence-corrected chi connectivity index (χ2v) is 8.78. The van der Waals surface area contributed by atoms with Crippen molar-refractivity contribution in [2.75, 3.05) is 14.1 Å². The first kappa shape index (κ1) is 19.2. The molecule has 4 rings (SSSR count). The van der Waals surface area contributed by atoms with Crippen LogP contribution in [0.25, 0.3) is 0 Å². The predicted molar refractivity (Wildman–Crippen MR) is 112 cm³/mol. The van der Waals surface area contributed by atoms with Crippen LogP contribution in [0.3, 0.4) is 0 Å². The van der Waals surface area contributed by atoms with Crippen molar-refractivity contribution in [2.24, 2.45) is 17.8 Å². The van der Waals surface area contributed by atoms with E-state index in [9.17, 15) is 4.79 Å². The maximum absolute atomic E-state index is 13.2. The first-order chi connectivity index (χ1) is 13.5. The van der Waals surface area contributed by atoms with Crippen molar-refractivity contribution < 1.29 is 9.53 Å². The van der Waals surface area contributed by atoms with Crippen LogP contribution < -0.4 is 0 Å². The van der Waals surface area contributed by atoms with E-state index in [0.717, 1.165) is 23.5 Å². The summed E-state index contributed by atoms with van der Waals surface area (Å²) < 4.78 is 6.27. The molecule has 2 fully saturated rings. The average Bonchev–Trinajstić information content (AvgIpc) is 3.35. The van der Waals surface area contributed by atoms with Crippen molar-refractivity contribution in [3.05, 3.63) is 71.3 Å². The summed E-state index contributed by atoms with van der Waals surface area (Å²) in [5.74, 6) is 1.35. The second-order valence-electron chi connectivity index (χ2n) is 8.78. The average molecular weight is 378 g/mol. The number of hydrogen-bond donors (Lipinski definition) is 0. The minimum Gasteiger partial charge on any atom is -0.452 e. The molecule has 3 heteroatoms. The molecule has 0 unspecified atom stereocenters. The van der Waals surface area contributed by atoms with Crippen LogP contribution in [0.15, 0.2) is 54.6 Å². The highest BCUT2D eigenvalue weighted by Crippen LogP contribution is 2.49. The molecule has 0 radical (unpaired) electrons. The normalized spacial score (nSPS) is 25.6. The van der Waals surface area contributed by atoms with Crippen LogP contribution in [0.4, 0.5) is 0 Å². The number of nitrogens with zero attached hydrogens (tertiary/aromatic N) is 1. The van der Waals surface area contributed by atoms with Crippen LogP contribution in [0, 0.1) is 17.8 Å². The van der Waals surface area contributed by atoms with Gasteiger partial charge in [-0.2, -0.15) is 0 Å². The first-order valence-corrected chi connectivity index (χ1v) is 10.5. The van der Waals surface area contributed by atoms with Crippen molar-refractivity contribution in [1.82, 2.24) is 4.90 Å². The van der Waals surface area contributed by atoms with E-state index < -0.39 is 0 Å². The van der Waals surface area contributed by atoms with Gasteiger partial charge in [0, 0.05) is 11.6 Å². The topological polar surface area (TPSA) is 29.5 Å². The van der Waals surface area contributed by atoms with Gasteiger partial charge in [0.05, 0.1) is 5.92 Å².